The summed E-state index contributed by atoms with van der Waals surface area (Å²) in [6.45, 7) is 4.09. The van der Waals surface area contributed by atoms with Gasteiger partial charge >= 0.3 is 0 Å². The van der Waals surface area contributed by atoms with Crippen LogP contribution >= 0.6 is 0 Å². The first-order valence-corrected chi connectivity index (χ1v) is 9.91. The molecule has 0 bridgehead atoms. The van der Waals surface area contributed by atoms with Gasteiger partial charge in [0.15, 0.2) is 0 Å². The molecule has 0 fully saturated rings. The van der Waals surface area contributed by atoms with Crippen LogP contribution in [0.1, 0.15) is 33.1 Å². The molecule has 5 nitrogen and oxygen atoms in total. The number of para-hydroxylation sites is 2. The third-order valence-electron chi connectivity index (χ3n) is 3.82. The van der Waals surface area contributed by atoms with Gasteiger partial charge in [-0.25, -0.2) is 8.42 Å². The van der Waals surface area contributed by atoms with E-state index < -0.39 is 10.0 Å². The number of nitrogens with one attached hydrogen (secondary N) is 1. The summed E-state index contributed by atoms with van der Waals surface area (Å²) in [6, 6.07) is 15.5. The highest BCUT2D eigenvalue weighted by Crippen LogP contribution is 2.28. The second-order valence-electron chi connectivity index (χ2n) is 5.65. The van der Waals surface area contributed by atoms with E-state index >= 15 is 0 Å². The Labute approximate surface area is 149 Å². The molecule has 25 heavy (non-hydrogen) atoms. The van der Waals surface area contributed by atoms with Crippen LogP contribution in [0.15, 0.2) is 59.5 Å². The third-order valence-corrected chi connectivity index (χ3v) is 5.78. The molecule has 1 amide bonds. The molecule has 0 aromatic heterocycles. The molecule has 0 heterocycles. The summed E-state index contributed by atoms with van der Waals surface area (Å²) in [5.41, 5.74) is 0.912. The molecule has 0 aliphatic heterocycles. The van der Waals surface area contributed by atoms with Crippen molar-refractivity contribution < 1.29 is 13.2 Å². The van der Waals surface area contributed by atoms with E-state index in [1.54, 1.807) is 49.4 Å². The molecule has 0 spiro atoms. The Bertz CT molecular complexity index is 804. The zero-order valence-corrected chi connectivity index (χ0v) is 15.4. The van der Waals surface area contributed by atoms with Crippen molar-refractivity contribution in [2.24, 2.45) is 0 Å². The number of hydrogen-bond acceptors (Lipinski definition) is 3. The first kappa shape index (κ1) is 19.0. The first-order chi connectivity index (χ1) is 12.0. The lowest BCUT2D eigenvalue weighted by molar-refractivity contribution is -0.116. The summed E-state index contributed by atoms with van der Waals surface area (Å²) in [4.78, 5) is 12.1. The van der Waals surface area contributed by atoms with Crippen molar-refractivity contribution in [3.05, 3.63) is 54.6 Å². The number of amides is 1. The molecule has 2 aromatic rings. The van der Waals surface area contributed by atoms with Gasteiger partial charge in [-0.05, 0) is 37.6 Å². The van der Waals surface area contributed by atoms with Crippen molar-refractivity contribution >= 4 is 27.3 Å². The van der Waals surface area contributed by atoms with E-state index in [1.807, 2.05) is 13.0 Å². The van der Waals surface area contributed by atoms with Crippen molar-refractivity contribution in [2.45, 2.75) is 38.0 Å². The minimum atomic E-state index is -3.78. The maximum absolute atomic E-state index is 13.2. The fraction of sp³-hybridized carbons (Fsp3) is 0.316. The smallest absolute Gasteiger partial charge is 0.266 e. The number of anilines is 2. The SMILES string of the molecule is CCCCC(=O)Nc1ccccc1S(=O)(=O)N(CC)c1ccccc1. The second kappa shape index (κ2) is 8.67. The molecule has 2 aromatic carbocycles. The van der Waals surface area contributed by atoms with Crippen LogP contribution in [-0.2, 0) is 14.8 Å². The van der Waals surface area contributed by atoms with Gasteiger partial charge in [-0.15, -0.1) is 0 Å². The fourth-order valence-corrected chi connectivity index (χ4v) is 4.17. The second-order valence-corrected chi connectivity index (χ2v) is 7.48. The van der Waals surface area contributed by atoms with Gasteiger partial charge in [0.1, 0.15) is 4.90 Å². The van der Waals surface area contributed by atoms with E-state index in [-0.39, 0.29) is 10.8 Å². The van der Waals surface area contributed by atoms with Crippen LogP contribution in [-0.4, -0.2) is 20.9 Å². The highest BCUT2D eigenvalue weighted by atomic mass is 32.2. The highest BCUT2D eigenvalue weighted by molar-refractivity contribution is 7.93. The molecule has 134 valence electrons. The normalized spacial score (nSPS) is 11.1. The van der Waals surface area contributed by atoms with Crippen LogP contribution in [0.3, 0.4) is 0 Å². The summed E-state index contributed by atoms with van der Waals surface area (Å²) in [5, 5.41) is 2.74. The Hall–Kier alpha value is -2.34. The quantitative estimate of drug-likeness (QED) is 0.773. The number of carbonyl (C=O) groups is 1. The number of unbranched alkanes of at least 4 members (excludes halogenated alkanes) is 1. The average Bonchev–Trinajstić information content (AvgIpc) is 2.61. The maximum Gasteiger partial charge on any atom is 0.266 e. The van der Waals surface area contributed by atoms with E-state index in [0.717, 1.165) is 12.8 Å². The zero-order valence-electron chi connectivity index (χ0n) is 14.6. The van der Waals surface area contributed by atoms with Crippen LogP contribution in [0.4, 0.5) is 11.4 Å². The standard InChI is InChI=1S/C19H24N2O3S/c1-3-5-15-19(22)20-17-13-9-10-14-18(17)25(23,24)21(4-2)16-11-7-6-8-12-16/h6-14H,3-5,15H2,1-2H3,(H,20,22). The minimum absolute atomic E-state index is 0.102. The average molecular weight is 360 g/mol. The van der Waals surface area contributed by atoms with Gasteiger partial charge in [-0.3, -0.25) is 9.10 Å². The number of rotatable bonds is 8. The number of carbonyl (C=O) groups excluding carboxylic acids is 1. The predicted molar refractivity (Wildman–Crippen MR) is 101 cm³/mol. The highest BCUT2D eigenvalue weighted by Gasteiger charge is 2.26. The Morgan fingerprint density at radius 1 is 1.00 bits per heavy atom. The van der Waals surface area contributed by atoms with Crippen molar-refractivity contribution in [1.82, 2.24) is 0 Å². The predicted octanol–water partition coefficient (Wildman–Crippen LogP) is 4.03. The van der Waals surface area contributed by atoms with Gasteiger partial charge in [0, 0.05) is 13.0 Å². The lowest BCUT2D eigenvalue weighted by Crippen LogP contribution is -2.31. The molecule has 0 unspecified atom stereocenters. The minimum Gasteiger partial charge on any atom is -0.325 e. The van der Waals surface area contributed by atoms with Gasteiger partial charge in [-0.1, -0.05) is 43.7 Å². The van der Waals surface area contributed by atoms with Gasteiger partial charge in [0.25, 0.3) is 10.0 Å². The summed E-state index contributed by atoms with van der Waals surface area (Å²) >= 11 is 0. The van der Waals surface area contributed by atoms with Crippen LogP contribution in [0.5, 0.6) is 0 Å². The third kappa shape index (κ3) is 4.60. The summed E-state index contributed by atoms with van der Waals surface area (Å²) in [6.07, 6.45) is 2.05. The van der Waals surface area contributed by atoms with Crippen LogP contribution < -0.4 is 9.62 Å². The topological polar surface area (TPSA) is 66.5 Å². The van der Waals surface area contributed by atoms with E-state index in [1.165, 1.54) is 10.4 Å². The van der Waals surface area contributed by atoms with Crippen LogP contribution in [0, 0.1) is 0 Å². The monoisotopic (exact) mass is 360 g/mol. The van der Waals surface area contributed by atoms with E-state index in [0.29, 0.717) is 24.3 Å². The number of benzene rings is 2. The lowest BCUT2D eigenvalue weighted by Gasteiger charge is -2.24. The molecule has 0 saturated heterocycles. The van der Waals surface area contributed by atoms with Gasteiger partial charge in [0.05, 0.1) is 11.4 Å². The Morgan fingerprint density at radius 2 is 1.64 bits per heavy atom. The summed E-state index contributed by atoms with van der Waals surface area (Å²) < 4.78 is 27.6. The molecular formula is C19H24N2O3S. The molecule has 1 N–H and O–H groups in total. The molecule has 0 atom stereocenters. The molecule has 0 aliphatic carbocycles. The molecule has 2 rings (SSSR count). The fourth-order valence-electron chi connectivity index (χ4n) is 2.55. The number of hydrogen-bond donors (Lipinski definition) is 1. The van der Waals surface area contributed by atoms with Gasteiger partial charge in [0.2, 0.25) is 5.91 Å². The maximum atomic E-state index is 13.2. The Morgan fingerprint density at radius 3 is 2.28 bits per heavy atom. The Kier molecular flexibility index (Phi) is 6.58. The molecule has 0 radical (unpaired) electrons. The van der Waals surface area contributed by atoms with Crippen LogP contribution in [0.25, 0.3) is 0 Å². The number of sulfonamides is 1. The molecular weight excluding hydrogens is 336 g/mol. The van der Waals surface area contributed by atoms with Crippen molar-refractivity contribution in [1.29, 1.82) is 0 Å². The van der Waals surface area contributed by atoms with Gasteiger partial charge in [-0.2, -0.15) is 0 Å². The first-order valence-electron chi connectivity index (χ1n) is 8.47. The summed E-state index contributed by atoms with van der Waals surface area (Å²) in [5.74, 6) is -0.174. The van der Waals surface area contributed by atoms with Crippen LogP contribution in [0.2, 0.25) is 0 Å². The Balaban J connectivity index is 2.37. The van der Waals surface area contributed by atoms with Gasteiger partial charge < -0.3 is 5.32 Å². The number of nitrogens with zero attached hydrogens (tertiary/aromatic N) is 1. The van der Waals surface area contributed by atoms with Crippen molar-refractivity contribution in [3.8, 4) is 0 Å². The van der Waals surface area contributed by atoms with E-state index in [2.05, 4.69) is 5.32 Å². The molecule has 0 aliphatic rings. The zero-order chi connectivity index (χ0) is 18.3. The van der Waals surface area contributed by atoms with Crippen molar-refractivity contribution in [3.63, 3.8) is 0 Å². The molecule has 6 heteroatoms. The van der Waals surface area contributed by atoms with E-state index in [9.17, 15) is 13.2 Å². The van der Waals surface area contributed by atoms with Crippen molar-refractivity contribution in [2.75, 3.05) is 16.2 Å². The van der Waals surface area contributed by atoms with E-state index in [4.69, 9.17) is 0 Å². The summed E-state index contributed by atoms with van der Waals surface area (Å²) in [7, 11) is -3.78. The lowest BCUT2D eigenvalue weighted by atomic mass is 10.2. The molecule has 0 saturated carbocycles. The largest absolute Gasteiger partial charge is 0.325 e.